The Morgan fingerprint density at radius 3 is 2.33 bits per heavy atom. The molecule has 2 N–H and O–H groups in total. The molecule has 3 atom stereocenters. The fraction of sp³-hybridized carbons (Fsp3) is 0.333. The Labute approximate surface area is 158 Å². The maximum atomic E-state index is 12.5. The van der Waals surface area contributed by atoms with Gasteiger partial charge in [0, 0.05) is 13.1 Å². The quantitative estimate of drug-likeness (QED) is 0.778. The van der Waals surface area contributed by atoms with Crippen LogP contribution < -0.4 is 10.6 Å². The third-order valence-corrected chi connectivity index (χ3v) is 5.19. The third kappa shape index (κ3) is 3.86. The van der Waals surface area contributed by atoms with E-state index in [1.165, 1.54) is 5.56 Å². The molecule has 6 heteroatoms. The lowest BCUT2D eigenvalue weighted by molar-refractivity contribution is -0.158. The summed E-state index contributed by atoms with van der Waals surface area (Å²) in [6, 6.07) is 19.4. The summed E-state index contributed by atoms with van der Waals surface area (Å²) in [6.07, 6.45) is 0. The fourth-order valence-corrected chi connectivity index (χ4v) is 3.77. The second-order valence-corrected chi connectivity index (χ2v) is 7.00. The van der Waals surface area contributed by atoms with Gasteiger partial charge in [-0.2, -0.15) is 0 Å². The number of ether oxygens (including phenoxy) is 1. The molecule has 2 heterocycles. The number of carbonyl (C=O) groups is 2. The topological polar surface area (TPSA) is 70.7 Å². The molecule has 0 aliphatic carbocycles. The smallest absolute Gasteiger partial charge is 0.312 e. The second-order valence-electron chi connectivity index (χ2n) is 7.00. The summed E-state index contributed by atoms with van der Waals surface area (Å²) in [5.41, 5.74) is 2.16. The van der Waals surface area contributed by atoms with Crippen LogP contribution in [0.4, 0.5) is 0 Å². The zero-order chi connectivity index (χ0) is 18.6. The summed E-state index contributed by atoms with van der Waals surface area (Å²) in [4.78, 5) is 26.5. The zero-order valence-electron chi connectivity index (χ0n) is 15.0. The number of benzene rings is 2. The lowest BCUT2D eigenvalue weighted by Gasteiger charge is -2.47. The molecule has 0 aromatic heterocycles. The molecular weight excluding hydrogens is 342 g/mol. The Hall–Kier alpha value is -2.70. The summed E-state index contributed by atoms with van der Waals surface area (Å²) in [5, 5.41) is 6.38. The van der Waals surface area contributed by atoms with E-state index in [0.717, 1.165) is 5.56 Å². The van der Waals surface area contributed by atoms with E-state index in [2.05, 4.69) is 22.8 Å². The normalized spacial score (nSPS) is 25.0. The van der Waals surface area contributed by atoms with Gasteiger partial charge in [-0.3, -0.25) is 9.59 Å². The van der Waals surface area contributed by atoms with Gasteiger partial charge in [-0.15, -0.1) is 0 Å². The highest BCUT2D eigenvalue weighted by atomic mass is 16.5. The lowest BCUT2D eigenvalue weighted by atomic mass is 9.93. The molecule has 1 unspecified atom stereocenters. The minimum Gasteiger partial charge on any atom is -0.378 e. The largest absolute Gasteiger partial charge is 0.378 e. The number of rotatable bonds is 5. The molecule has 0 saturated carbocycles. The number of fused-ring (bicyclic) bond motifs is 1. The molecular formula is C21H23N3O3. The van der Waals surface area contributed by atoms with Crippen molar-refractivity contribution in [3.63, 3.8) is 0 Å². The molecule has 4 rings (SSSR count). The number of carbonyl (C=O) groups excluding carboxylic acids is 2. The highest BCUT2D eigenvalue weighted by Gasteiger charge is 2.46. The summed E-state index contributed by atoms with van der Waals surface area (Å²) in [6.45, 7) is 2.01. The molecule has 6 nitrogen and oxygen atoms in total. The zero-order valence-corrected chi connectivity index (χ0v) is 15.0. The van der Waals surface area contributed by atoms with Gasteiger partial charge in [0.05, 0.1) is 31.3 Å². The molecule has 2 aliphatic rings. The van der Waals surface area contributed by atoms with Crippen molar-refractivity contribution in [2.75, 3.05) is 13.2 Å². The van der Waals surface area contributed by atoms with E-state index in [0.29, 0.717) is 26.3 Å². The Morgan fingerprint density at radius 2 is 1.63 bits per heavy atom. The number of amides is 2. The van der Waals surface area contributed by atoms with Crippen molar-refractivity contribution in [3.8, 4) is 0 Å². The number of nitrogens with one attached hydrogen (secondary N) is 2. The molecule has 2 amide bonds. The first-order chi connectivity index (χ1) is 13.2. The van der Waals surface area contributed by atoms with Gasteiger partial charge in [-0.05, 0) is 11.1 Å². The van der Waals surface area contributed by atoms with Crippen LogP contribution in [0.5, 0.6) is 0 Å². The van der Waals surface area contributed by atoms with E-state index >= 15 is 0 Å². The molecule has 2 aromatic carbocycles. The second kappa shape index (κ2) is 7.90. The van der Waals surface area contributed by atoms with Gasteiger partial charge in [-0.1, -0.05) is 60.7 Å². The van der Waals surface area contributed by atoms with E-state index in [1.807, 2.05) is 48.5 Å². The van der Waals surface area contributed by atoms with Crippen molar-refractivity contribution in [1.29, 1.82) is 0 Å². The Balaban J connectivity index is 1.50. The van der Waals surface area contributed by atoms with Crippen LogP contribution in [0.15, 0.2) is 60.7 Å². The fourth-order valence-electron chi connectivity index (χ4n) is 3.77. The minimum absolute atomic E-state index is 0.0562. The molecule has 2 fully saturated rings. The van der Waals surface area contributed by atoms with Gasteiger partial charge < -0.3 is 20.3 Å². The molecule has 27 heavy (non-hydrogen) atoms. The van der Waals surface area contributed by atoms with Crippen LogP contribution in [0.2, 0.25) is 0 Å². The maximum absolute atomic E-state index is 12.5. The van der Waals surface area contributed by atoms with Crippen molar-refractivity contribution in [2.45, 2.75) is 31.2 Å². The molecule has 2 aromatic rings. The minimum atomic E-state index is -0.541. The average molecular weight is 365 g/mol. The number of nitrogens with zero attached hydrogens (tertiary/aromatic N) is 1. The van der Waals surface area contributed by atoms with Crippen molar-refractivity contribution >= 4 is 11.8 Å². The molecule has 2 saturated heterocycles. The van der Waals surface area contributed by atoms with Crippen LogP contribution in [-0.2, 0) is 27.4 Å². The molecule has 140 valence electrons. The van der Waals surface area contributed by atoms with Crippen molar-refractivity contribution in [1.82, 2.24) is 15.5 Å². The maximum Gasteiger partial charge on any atom is 0.312 e. The highest BCUT2D eigenvalue weighted by molar-refractivity contribution is 6.35. The monoisotopic (exact) mass is 365 g/mol. The Kier molecular flexibility index (Phi) is 5.18. The summed E-state index contributed by atoms with van der Waals surface area (Å²) < 4.78 is 5.78. The van der Waals surface area contributed by atoms with E-state index in [1.54, 1.807) is 4.90 Å². The van der Waals surface area contributed by atoms with Gasteiger partial charge >= 0.3 is 11.8 Å². The lowest BCUT2D eigenvalue weighted by Crippen LogP contribution is -2.72. The van der Waals surface area contributed by atoms with E-state index in [9.17, 15) is 9.59 Å². The average Bonchev–Trinajstić information content (AvgIpc) is 2.71. The number of hydrogen-bond donors (Lipinski definition) is 2. The van der Waals surface area contributed by atoms with Crippen molar-refractivity contribution in [3.05, 3.63) is 71.8 Å². The van der Waals surface area contributed by atoms with Crippen molar-refractivity contribution in [2.24, 2.45) is 0 Å². The van der Waals surface area contributed by atoms with E-state index in [4.69, 9.17) is 4.74 Å². The standard InChI is InChI=1S/C21H23N3O3/c25-20-21(26)24(12-16-9-5-2-6-10-16)18-14-27-13-17(19(18)23-20)22-11-15-7-3-1-4-8-15/h1-10,17-19,22H,11-14H2,(H,23,25)/t17?,18-,19-/m1/s1. The van der Waals surface area contributed by atoms with Crippen LogP contribution in [0, 0.1) is 0 Å². The third-order valence-electron chi connectivity index (χ3n) is 5.19. The first kappa shape index (κ1) is 17.7. The van der Waals surface area contributed by atoms with Crippen LogP contribution in [-0.4, -0.2) is 48.1 Å². The predicted octanol–water partition coefficient (Wildman–Crippen LogP) is 1.07. The predicted molar refractivity (Wildman–Crippen MR) is 101 cm³/mol. The number of hydrogen-bond acceptors (Lipinski definition) is 4. The number of piperazine rings is 1. The Bertz CT molecular complexity index is 797. The Morgan fingerprint density at radius 1 is 0.963 bits per heavy atom. The summed E-state index contributed by atoms with van der Waals surface area (Å²) in [7, 11) is 0. The summed E-state index contributed by atoms with van der Waals surface area (Å²) >= 11 is 0. The van der Waals surface area contributed by atoms with Gasteiger partial charge in [0.2, 0.25) is 0 Å². The van der Waals surface area contributed by atoms with Crippen LogP contribution in [0.1, 0.15) is 11.1 Å². The van der Waals surface area contributed by atoms with Crippen LogP contribution in [0.3, 0.4) is 0 Å². The van der Waals surface area contributed by atoms with E-state index < -0.39 is 11.8 Å². The van der Waals surface area contributed by atoms with Gasteiger partial charge in [-0.25, -0.2) is 0 Å². The molecule has 2 aliphatic heterocycles. The highest BCUT2D eigenvalue weighted by Crippen LogP contribution is 2.22. The molecule has 0 bridgehead atoms. The molecule has 0 spiro atoms. The SMILES string of the molecule is O=C1N[C@@H]2C(NCc3ccccc3)COC[C@H]2N(Cc2ccccc2)C1=O. The first-order valence-corrected chi connectivity index (χ1v) is 9.23. The van der Waals surface area contributed by atoms with Crippen LogP contribution in [0.25, 0.3) is 0 Å². The van der Waals surface area contributed by atoms with Gasteiger partial charge in [0.1, 0.15) is 0 Å². The van der Waals surface area contributed by atoms with Crippen LogP contribution >= 0.6 is 0 Å². The van der Waals surface area contributed by atoms with Crippen molar-refractivity contribution < 1.29 is 14.3 Å². The van der Waals surface area contributed by atoms with E-state index in [-0.39, 0.29) is 18.1 Å². The summed E-state index contributed by atoms with van der Waals surface area (Å²) in [5.74, 6) is -1.03. The van der Waals surface area contributed by atoms with Gasteiger partial charge in [0.25, 0.3) is 0 Å². The molecule has 0 radical (unpaired) electrons. The van der Waals surface area contributed by atoms with Gasteiger partial charge in [0.15, 0.2) is 0 Å². The first-order valence-electron chi connectivity index (χ1n) is 9.23.